The highest BCUT2D eigenvalue weighted by Crippen LogP contribution is 2.16. The molecule has 3 nitrogen and oxygen atoms in total. The van der Waals surface area contributed by atoms with Gasteiger partial charge in [-0.1, -0.05) is 18.2 Å². The largest absolute Gasteiger partial charge is 0.484 e. The third-order valence-corrected chi connectivity index (χ3v) is 2.25. The fourth-order valence-corrected chi connectivity index (χ4v) is 1.39. The third kappa shape index (κ3) is 2.58. The lowest BCUT2D eigenvalue weighted by Crippen LogP contribution is -2.00. The number of hydrogen-bond acceptors (Lipinski definition) is 3. The first-order valence-electron chi connectivity index (χ1n) is 5.02. The molecule has 0 bridgehead atoms. The molecule has 17 heavy (non-hydrogen) atoms. The Kier molecular flexibility index (Phi) is 3.31. The summed E-state index contributed by atoms with van der Waals surface area (Å²) < 4.78 is 18.5. The first-order chi connectivity index (χ1) is 8.31. The lowest BCUT2D eigenvalue weighted by Gasteiger charge is -2.07. The summed E-state index contributed by atoms with van der Waals surface area (Å²) in [6, 6.07) is 12.2. The Hall–Kier alpha value is -2.41. The summed E-state index contributed by atoms with van der Waals surface area (Å²) in [7, 11) is 0. The van der Waals surface area contributed by atoms with Gasteiger partial charge in [-0.2, -0.15) is 9.65 Å². The summed E-state index contributed by atoms with van der Waals surface area (Å²) in [6.45, 7) is 0.145. The van der Waals surface area contributed by atoms with E-state index in [9.17, 15) is 4.39 Å². The van der Waals surface area contributed by atoms with Gasteiger partial charge in [0.2, 0.25) is 0 Å². The number of halogens is 1. The second-order valence-electron chi connectivity index (χ2n) is 3.35. The molecule has 1 heterocycles. The van der Waals surface area contributed by atoms with Gasteiger partial charge in [-0.15, -0.1) is 0 Å². The zero-order valence-corrected chi connectivity index (χ0v) is 8.93. The van der Waals surface area contributed by atoms with E-state index >= 15 is 0 Å². The van der Waals surface area contributed by atoms with Crippen LogP contribution in [-0.2, 0) is 6.61 Å². The van der Waals surface area contributed by atoms with Crippen LogP contribution in [-0.4, -0.2) is 4.98 Å². The van der Waals surface area contributed by atoms with E-state index in [-0.39, 0.29) is 12.4 Å². The fraction of sp³-hybridized carbons (Fsp3) is 0.0769. The van der Waals surface area contributed by atoms with Crippen LogP contribution in [0.15, 0.2) is 42.6 Å². The Morgan fingerprint density at radius 1 is 1.24 bits per heavy atom. The maximum atomic E-state index is 13.2. The highest BCUT2D eigenvalue weighted by molar-refractivity contribution is 5.37. The Morgan fingerprint density at radius 2 is 2.06 bits per heavy atom. The third-order valence-electron chi connectivity index (χ3n) is 2.25. The van der Waals surface area contributed by atoms with Crippen molar-refractivity contribution in [1.82, 2.24) is 4.98 Å². The van der Waals surface area contributed by atoms with E-state index in [1.807, 2.05) is 0 Å². The van der Waals surface area contributed by atoms with E-state index < -0.39 is 5.95 Å². The zero-order chi connectivity index (χ0) is 12.1. The molecule has 0 aliphatic carbocycles. The van der Waals surface area contributed by atoms with Gasteiger partial charge in [0.05, 0.1) is 11.6 Å². The van der Waals surface area contributed by atoms with Crippen molar-refractivity contribution in [2.45, 2.75) is 6.61 Å². The maximum absolute atomic E-state index is 13.2. The summed E-state index contributed by atoms with van der Waals surface area (Å²) in [5.74, 6) is -0.567. The van der Waals surface area contributed by atoms with Gasteiger partial charge < -0.3 is 4.74 Å². The van der Waals surface area contributed by atoms with Crippen LogP contribution in [0.1, 0.15) is 11.1 Å². The van der Waals surface area contributed by atoms with Crippen LogP contribution in [0.5, 0.6) is 5.75 Å². The van der Waals surface area contributed by atoms with Crippen molar-refractivity contribution in [2.24, 2.45) is 0 Å². The van der Waals surface area contributed by atoms with Gasteiger partial charge in [0.15, 0.2) is 5.75 Å². The molecule has 0 saturated heterocycles. The Labute approximate surface area is 98.1 Å². The van der Waals surface area contributed by atoms with Crippen LogP contribution in [0.3, 0.4) is 0 Å². The molecule has 84 valence electrons. The summed E-state index contributed by atoms with van der Waals surface area (Å²) in [6.07, 6.45) is 1.35. The highest BCUT2D eigenvalue weighted by Gasteiger charge is 2.05. The molecule has 0 fully saturated rings. The molecule has 0 aliphatic heterocycles. The summed E-state index contributed by atoms with van der Waals surface area (Å²) >= 11 is 0. The average Bonchev–Trinajstić information content (AvgIpc) is 2.38. The standard InChI is InChI=1S/C13H9FN2O/c14-13-12(6-3-7-16-13)17-9-11-5-2-1-4-10(11)8-15/h1-7H,9H2. The van der Waals surface area contributed by atoms with E-state index in [1.54, 1.807) is 30.3 Å². The molecule has 1 aromatic carbocycles. The monoisotopic (exact) mass is 228 g/mol. The molecule has 4 heteroatoms. The van der Waals surface area contributed by atoms with Gasteiger partial charge in [0.1, 0.15) is 6.61 Å². The SMILES string of the molecule is N#Cc1ccccc1COc1cccnc1F. The number of nitrogens with zero attached hydrogens (tertiary/aromatic N) is 2. The lowest BCUT2D eigenvalue weighted by molar-refractivity contribution is 0.285. The van der Waals surface area contributed by atoms with Crippen LogP contribution >= 0.6 is 0 Å². The maximum Gasteiger partial charge on any atom is 0.255 e. The van der Waals surface area contributed by atoms with Crippen LogP contribution < -0.4 is 4.74 Å². The van der Waals surface area contributed by atoms with Crippen LogP contribution in [0.25, 0.3) is 0 Å². The second kappa shape index (κ2) is 5.08. The molecular formula is C13H9FN2O. The predicted molar refractivity (Wildman–Crippen MR) is 59.7 cm³/mol. The molecule has 0 unspecified atom stereocenters. The minimum atomic E-state index is -0.651. The summed E-state index contributed by atoms with van der Waals surface area (Å²) in [5.41, 5.74) is 1.25. The number of nitriles is 1. The molecule has 2 aromatic rings. The molecule has 0 N–H and O–H groups in total. The Morgan fingerprint density at radius 3 is 2.82 bits per heavy atom. The average molecular weight is 228 g/mol. The van der Waals surface area contributed by atoms with E-state index in [1.165, 1.54) is 12.3 Å². The minimum Gasteiger partial charge on any atom is -0.484 e. The molecule has 0 saturated carbocycles. The van der Waals surface area contributed by atoms with E-state index in [4.69, 9.17) is 10.00 Å². The fourth-order valence-electron chi connectivity index (χ4n) is 1.39. The lowest BCUT2D eigenvalue weighted by atomic mass is 10.1. The van der Waals surface area contributed by atoms with Crippen molar-refractivity contribution >= 4 is 0 Å². The second-order valence-corrected chi connectivity index (χ2v) is 3.35. The van der Waals surface area contributed by atoms with Crippen LogP contribution in [0.2, 0.25) is 0 Å². The van der Waals surface area contributed by atoms with Crippen molar-refractivity contribution in [1.29, 1.82) is 5.26 Å². The van der Waals surface area contributed by atoms with Gasteiger partial charge in [0.25, 0.3) is 5.95 Å². The summed E-state index contributed by atoms with van der Waals surface area (Å²) in [4.78, 5) is 3.48. The van der Waals surface area contributed by atoms with Gasteiger partial charge in [-0.25, -0.2) is 4.98 Å². The molecule has 1 aromatic heterocycles. The smallest absolute Gasteiger partial charge is 0.255 e. The van der Waals surface area contributed by atoms with Crippen molar-refractivity contribution < 1.29 is 9.13 Å². The Balaban J connectivity index is 2.13. The van der Waals surface area contributed by atoms with Crippen molar-refractivity contribution in [3.63, 3.8) is 0 Å². The van der Waals surface area contributed by atoms with Gasteiger partial charge >= 0.3 is 0 Å². The van der Waals surface area contributed by atoms with Crippen molar-refractivity contribution in [3.8, 4) is 11.8 Å². The molecule has 0 spiro atoms. The number of aromatic nitrogens is 1. The van der Waals surface area contributed by atoms with E-state index in [2.05, 4.69) is 11.1 Å². The molecule has 0 radical (unpaired) electrons. The first kappa shape index (κ1) is 11.1. The van der Waals surface area contributed by atoms with Gasteiger partial charge in [-0.05, 0) is 18.2 Å². The topological polar surface area (TPSA) is 45.9 Å². The highest BCUT2D eigenvalue weighted by atomic mass is 19.1. The number of ether oxygens (including phenoxy) is 1. The van der Waals surface area contributed by atoms with Crippen molar-refractivity contribution in [3.05, 3.63) is 59.7 Å². The van der Waals surface area contributed by atoms with Gasteiger partial charge in [-0.3, -0.25) is 0 Å². The molecule has 0 aliphatic rings. The number of benzene rings is 1. The molecule has 0 atom stereocenters. The number of pyridine rings is 1. The molecular weight excluding hydrogens is 219 g/mol. The first-order valence-corrected chi connectivity index (χ1v) is 5.02. The minimum absolute atomic E-state index is 0.0836. The van der Waals surface area contributed by atoms with Gasteiger partial charge in [0, 0.05) is 11.8 Å². The summed E-state index contributed by atoms with van der Waals surface area (Å²) in [5, 5.41) is 8.88. The van der Waals surface area contributed by atoms with E-state index in [0.29, 0.717) is 5.56 Å². The molecule has 2 rings (SSSR count). The van der Waals surface area contributed by atoms with Crippen molar-refractivity contribution in [2.75, 3.05) is 0 Å². The van der Waals surface area contributed by atoms with E-state index in [0.717, 1.165) is 5.56 Å². The van der Waals surface area contributed by atoms with Crippen LogP contribution in [0, 0.1) is 17.3 Å². The Bertz CT molecular complexity index is 563. The zero-order valence-electron chi connectivity index (χ0n) is 8.93. The normalized spacial score (nSPS) is 9.65. The number of hydrogen-bond donors (Lipinski definition) is 0. The van der Waals surface area contributed by atoms with Crippen LogP contribution in [0.4, 0.5) is 4.39 Å². The number of rotatable bonds is 3. The quantitative estimate of drug-likeness (QED) is 0.759. The predicted octanol–water partition coefficient (Wildman–Crippen LogP) is 2.67. The molecule has 0 amide bonds.